The Morgan fingerprint density at radius 2 is 1.50 bits per heavy atom. The summed E-state index contributed by atoms with van der Waals surface area (Å²) >= 11 is 0. The number of anilines is 1. The Balaban J connectivity index is 1.17. The van der Waals surface area contributed by atoms with Crippen molar-refractivity contribution >= 4 is 28.4 Å². The van der Waals surface area contributed by atoms with Crippen LogP contribution in [0.1, 0.15) is 22.3 Å². The summed E-state index contributed by atoms with van der Waals surface area (Å²) < 4.78 is 5.74. The predicted octanol–water partition coefficient (Wildman–Crippen LogP) is 6.06. The maximum absolute atomic E-state index is 12.6. The Labute approximate surface area is 208 Å². The number of benzene rings is 4. The number of ketones is 1. The molecule has 5 rings (SSSR count). The van der Waals surface area contributed by atoms with Gasteiger partial charge in [-0.15, -0.1) is 0 Å². The standard InChI is InChI=1S/C30H25N3O3/c34-28(24-14-12-23(13-15-24)22-9-5-2-6-10-22)20-36-25-16-17-26-27(19-25)32-33-30(26)31-29(35)18-11-21-7-3-1-4-8-21/h1-10,12-17,19H,11,18,20H2,(H2,31,32,33,35). The lowest BCUT2D eigenvalue weighted by Gasteiger charge is -2.07. The number of hydrogen-bond acceptors (Lipinski definition) is 4. The number of amides is 1. The number of carbonyl (C=O) groups is 2. The number of fused-ring (bicyclic) bond motifs is 1. The van der Waals surface area contributed by atoms with E-state index < -0.39 is 0 Å². The van der Waals surface area contributed by atoms with E-state index in [1.165, 1.54) is 0 Å². The summed E-state index contributed by atoms with van der Waals surface area (Å²) in [5.74, 6) is 0.814. The molecule has 0 aliphatic carbocycles. The Kier molecular flexibility index (Phi) is 6.85. The molecular weight excluding hydrogens is 450 g/mol. The second-order valence-electron chi connectivity index (χ2n) is 8.47. The highest BCUT2D eigenvalue weighted by Gasteiger charge is 2.12. The third-order valence-corrected chi connectivity index (χ3v) is 5.96. The highest BCUT2D eigenvalue weighted by Crippen LogP contribution is 2.25. The van der Waals surface area contributed by atoms with Crippen molar-refractivity contribution in [3.05, 3.63) is 114 Å². The number of aromatic amines is 1. The molecule has 178 valence electrons. The fraction of sp³-hybridized carbons (Fsp3) is 0.100. The van der Waals surface area contributed by atoms with Gasteiger partial charge in [0.1, 0.15) is 5.75 Å². The van der Waals surface area contributed by atoms with Gasteiger partial charge in [0, 0.05) is 23.4 Å². The van der Waals surface area contributed by atoms with Gasteiger partial charge in [-0.1, -0.05) is 84.9 Å². The molecule has 1 amide bonds. The molecule has 4 aromatic carbocycles. The summed E-state index contributed by atoms with van der Waals surface area (Å²) in [6, 6.07) is 32.8. The molecule has 0 atom stereocenters. The Bertz CT molecular complexity index is 1480. The number of aryl methyl sites for hydroxylation is 1. The molecule has 0 aliphatic rings. The number of carbonyl (C=O) groups excluding carboxylic acids is 2. The summed E-state index contributed by atoms with van der Waals surface area (Å²) in [7, 11) is 0. The van der Waals surface area contributed by atoms with Crippen LogP contribution in [-0.4, -0.2) is 28.5 Å². The molecule has 0 fully saturated rings. The van der Waals surface area contributed by atoms with Crippen LogP contribution in [0, 0.1) is 0 Å². The Morgan fingerprint density at radius 3 is 2.25 bits per heavy atom. The number of nitrogens with one attached hydrogen (secondary N) is 2. The van der Waals surface area contributed by atoms with Gasteiger partial charge in [-0.05, 0) is 35.2 Å². The van der Waals surface area contributed by atoms with Crippen molar-refractivity contribution in [3.63, 3.8) is 0 Å². The van der Waals surface area contributed by atoms with Crippen molar-refractivity contribution in [3.8, 4) is 16.9 Å². The van der Waals surface area contributed by atoms with Gasteiger partial charge in [0.15, 0.2) is 18.2 Å². The lowest BCUT2D eigenvalue weighted by Crippen LogP contribution is -2.12. The number of hydrogen-bond donors (Lipinski definition) is 2. The monoisotopic (exact) mass is 475 g/mol. The zero-order chi connectivity index (χ0) is 24.7. The minimum atomic E-state index is -0.106. The molecule has 2 N–H and O–H groups in total. The summed E-state index contributed by atoms with van der Waals surface area (Å²) in [6.45, 7) is -0.0760. The number of Topliss-reactive ketones (excluding diaryl/α,β-unsaturated/α-hetero) is 1. The molecule has 0 saturated heterocycles. The molecule has 5 aromatic rings. The fourth-order valence-corrected chi connectivity index (χ4v) is 3.99. The van der Waals surface area contributed by atoms with Crippen LogP contribution in [0.15, 0.2) is 103 Å². The van der Waals surface area contributed by atoms with Crippen molar-refractivity contribution in [2.24, 2.45) is 0 Å². The molecule has 0 bridgehead atoms. The van der Waals surface area contributed by atoms with Crippen molar-refractivity contribution in [1.82, 2.24) is 10.2 Å². The van der Waals surface area contributed by atoms with Gasteiger partial charge in [-0.25, -0.2) is 0 Å². The SMILES string of the molecule is O=C(CCc1ccccc1)Nc1n[nH]c2cc(OCC(=O)c3ccc(-c4ccccc4)cc3)ccc12. The second kappa shape index (κ2) is 10.7. The van der Waals surface area contributed by atoms with E-state index in [9.17, 15) is 9.59 Å². The van der Waals surface area contributed by atoms with Crippen LogP contribution in [-0.2, 0) is 11.2 Å². The maximum Gasteiger partial charge on any atom is 0.225 e. The van der Waals surface area contributed by atoms with Crippen LogP contribution in [0.25, 0.3) is 22.0 Å². The van der Waals surface area contributed by atoms with Crippen LogP contribution >= 0.6 is 0 Å². The number of nitrogens with zero attached hydrogens (tertiary/aromatic N) is 1. The molecular formula is C30H25N3O3. The van der Waals surface area contributed by atoms with E-state index in [-0.39, 0.29) is 18.3 Å². The lowest BCUT2D eigenvalue weighted by molar-refractivity contribution is -0.116. The molecule has 0 unspecified atom stereocenters. The van der Waals surface area contributed by atoms with E-state index in [0.717, 1.165) is 22.1 Å². The van der Waals surface area contributed by atoms with Gasteiger partial charge < -0.3 is 10.1 Å². The van der Waals surface area contributed by atoms with Crippen LogP contribution in [0.4, 0.5) is 5.82 Å². The van der Waals surface area contributed by atoms with Crippen LogP contribution in [0.2, 0.25) is 0 Å². The van der Waals surface area contributed by atoms with E-state index in [0.29, 0.717) is 35.5 Å². The average Bonchev–Trinajstić information content (AvgIpc) is 3.33. The maximum atomic E-state index is 12.6. The van der Waals surface area contributed by atoms with Crippen LogP contribution in [0.3, 0.4) is 0 Å². The zero-order valence-corrected chi connectivity index (χ0v) is 19.6. The first-order valence-corrected chi connectivity index (χ1v) is 11.8. The van der Waals surface area contributed by atoms with Crippen molar-refractivity contribution in [2.75, 3.05) is 11.9 Å². The van der Waals surface area contributed by atoms with Crippen molar-refractivity contribution in [2.45, 2.75) is 12.8 Å². The number of H-pyrrole nitrogens is 1. The molecule has 1 aromatic heterocycles. The first-order chi connectivity index (χ1) is 17.7. The van der Waals surface area contributed by atoms with Gasteiger partial charge in [0.2, 0.25) is 5.91 Å². The van der Waals surface area contributed by atoms with Crippen molar-refractivity contribution < 1.29 is 14.3 Å². The van der Waals surface area contributed by atoms with Crippen LogP contribution < -0.4 is 10.1 Å². The molecule has 0 radical (unpaired) electrons. The van der Waals surface area contributed by atoms with Crippen LogP contribution in [0.5, 0.6) is 5.75 Å². The highest BCUT2D eigenvalue weighted by molar-refractivity contribution is 6.00. The van der Waals surface area contributed by atoms with E-state index in [2.05, 4.69) is 15.5 Å². The van der Waals surface area contributed by atoms with Gasteiger partial charge in [0.05, 0.1) is 5.52 Å². The largest absolute Gasteiger partial charge is 0.485 e. The minimum absolute atomic E-state index is 0.0760. The van der Waals surface area contributed by atoms with Crippen molar-refractivity contribution in [1.29, 1.82) is 0 Å². The van der Waals surface area contributed by atoms with Gasteiger partial charge in [-0.3, -0.25) is 14.7 Å². The lowest BCUT2D eigenvalue weighted by atomic mass is 10.0. The average molecular weight is 476 g/mol. The molecule has 6 heteroatoms. The molecule has 0 aliphatic heterocycles. The van der Waals surface area contributed by atoms with Gasteiger partial charge in [0.25, 0.3) is 0 Å². The number of aromatic nitrogens is 2. The highest BCUT2D eigenvalue weighted by atomic mass is 16.5. The molecule has 1 heterocycles. The molecule has 0 spiro atoms. The zero-order valence-electron chi connectivity index (χ0n) is 19.6. The van der Waals surface area contributed by atoms with Gasteiger partial charge in [-0.2, -0.15) is 5.10 Å². The third kappa shape index (κ3) is 5.50. The Morgan fingerprint density at radius 1 is 0.806 bits per heavy atom. The number of rotatable bonds is 9. The smallest absolute Gasteiger partial charge is 0.225 e. The Hall–Kier alpha value is -4.71. The first kappa shape index (κ1) is 23.1. The summed E-state index contributed by atoms with van der Waals surface area (Å²) in [5, 5.41) is 10.8. The topological polar surface area (TPSA) is 84.1 Å². The predicted molar refractivity (Wildman–Crippen MR) is 141 cm³/mol. The second-order valence-corrected chi connectivity index (χ2v) is 8.47. The third-order valence-electron chi connectivity index (χ3n) is 5.96. The quantitative estimate of drug-likeness (QED) is 0.254. The fourth-order valence-electron chi connectivity index (χ4n) is 3.99. The first-order valence-electron chi connectivity index (χ1n) is 11.8. The summed E-state index contributed by atoms with van der Waals surface area (Å²) in [6.07, 6.45) is 1.03. The summed E-state index contributed by atoms with van der Waals surface area (Å²) in [4.78, 5) is 25.0. The molecule has 6 nitrogen and oxygen atoms in total. The van der Waals surface area contributed by atoms with E-state index >= 15 is 0 Å². The van der Waals surface area contributed by atoms with E-state index in [4.69, 9.17) is 4.74 Å². The van der Waals surface area contributed by atoms with E-state index in [1.807, 2.05) is 91.0 Å². The molecule has 0 saturated carbocycles. The molecule has 36 heavy (non-hydrogen) atoms. The number of ether oxygens (including phenoxy) is 1. The van der Waals surface area contributed by atoms with Gasteiger partial charge >= 0.3 is 0 Å². The normalized spacial score (nSPS) is 10.8. The van der Waals surface area contributed by atoms with E-state index in [1.54, 1.807) is 12.1 Å². The minimum Gasteiger partial charge on any atom is -0.485 e. The summed E-state index contributed by atoms with van der Waals surface area (Å²) in [5.41, 5.74) is 4.58.